The van der Waals surface area contributed by atoms with Crippen LogP contribution in [0, 0.1) is 5.41 Å². The Bertz CT molecular complexity index is 556. The SMILES string of the molecule is CC(C)(C)[C@H](NC(=O)C1(c2ccc(Cl)cc2)CC1)C(=O)O. The van der Waals surface area contributed by atoms with Crippen LogP contribution >= 0.6 is 11.6 Å². The predicted molar refractivity (Wildman–Crippen MR) is 81.4 cm³/mol. The average Bonchev–Trinajstić information content (AvgIpc) is 3.16. The van der Waals surface area contributed by atoms with Gasteiger partial charge in [0.05, 0.1) is 5.41 Å². The fourth-order valence-electron chi connectivity index (χ4n) is 2.46. The molecule has 0 radical (unpaired) electrons. The van der Waals surface area contributed by atoms with Gasteiger partial charge in [-0.2, -0.15) is 0 Å². The fraction of sp³-hybridized carbons (Fsp3) is 0.500. The predicted octanol–water partition coefficient (Wildman–Crippen LogP) is 2.99. The van der Waals surface area contributed by atoms with Crippen molar-refractivity contribution in [2.24, 2.45) is 5.41 Å². The van der Waals surface area contributed by atoms with Crippen molar-refractivity contribution in [2.45, 2.75) is 45.1 Å². The molecule has 0 aromatic heterocycles. The van der Waals surface area contributed by atoms with E-state index in [-0.39, 0.29) is 5.91 Å². The monoisotopic (exact) mass is 309 g/mol. The number of rotatable bonds is 4. The molecule has 0 saturated heterocycles. The van der Waals surface area contributed by atoms with Crippen LogP contribution in [0.3, 0.4) is 0 Å². The van der Waals surface area contributed by atoms with E-state index in [0.717, 1.165) is 18.4 Å². The van der Waals surface area contributed by atoms with Crippen molar-refractivity contribution >= 4 is 23.5 Å². The lowest BCUT2D eigenvalue weighted by atomic mass is 9.85. The minimum Gasteiger partial charge on any atom is -0.480 e. The quantitative estimate of drug-likeness (QED) is 0.898. The Morgan fingerprint density at radius 2 is 1.76 bits per heavy atom. The van der Waals surface area contributed by atoms with E-state index < -0.39 is 22.8 Å². The molecule has 1 aliphatic rings. The van der Waals surface area contributed by atoms with Crippen molar-refractivity contribution in [3.05, 3.63) is 34.9 Å². The zero-order chi connectivity index (χ0) is 15.8. The summed E-state index contributed by atoms with van der Waals surface area (Å²) in [7, 11) is 0. The highest BCUT2D eigenvalue weighted by Gasteiger charge is 2.52. The first-order valence-electron chi connectivity index (χ1n) is 6.97. The standard InChI is InChI=1S/C16H20ClNO3/c1-15(2,3)12(13(19)20)18-14(21)16(8-9-16)10-4-6-11(17)7-5-10/h4-7,12H,8-9H2,1-3H3,(H,18,21)(H,19,20)/t12-/m1/s1. The van der Waals surface area contributed by atoms with Gasteiger partial charge in [0.1, 0.15) is 6.04 Å². The molecule has 0 heterocycles. The van der Waals surface area contributed by atoms with E-state index in [1.54, 1.807) is 32.9 Å². The molecule has 4 nitrogen and oxygen atoms in total. The van der Waals surface area contributed by atoms with Gasteiger partial charge in [0.2, 0.25) is 5.91 Å². The Morgan fingerprint density at radius 3 is 2.14 bits per heavy atom. The number of hydrogen-bond acceptors (Lipinski definition) is 2. The Morgan fingerprint density at radius 1 is 1.24 bits per heavy atom. The summed E-state index contributed by atoms with van der Waals surface area (Å²) >= 11 is 5.87. The van der Waals surface area contributed by atoms with Gasteiger partial charge in [-0.25, -0.2) is 4.79 Å². The molecule has 1 amide bonds. The maximum absolute atomic E-state index is 12.6. The van der Waals surface area contributed by atoms with Crippen molar-refractivity contribution in [3.8, 4) is 0 Å². The highest BCUT2D eigenvalue weighted by atomic mass is 35.5. The van der Waals surface area contributed by atoms with Crippen LogP contribution in [0.1, 0.15) is 39.2 Å². The summed E-state index contributed by atoms with van der Waals surface area (Å²) in [6, 6.07) is 6.27. The number of benzene rings is 1. The van der Waals surface area contributed by atoms with Crippen LogP contribution in [0.15, 0.2) is 24.3 Å². The first kappa shape index (κ1) is 15.8. The highest BCUT2D eigenvalue weighted by Crippen LogP contribution is 2.48. The molecule has 0 aliphatic heterocycles. The number of hydrogen-bond donors (Lipinski definition) is 2. The van der Waals surface area contributed by atoms with Crippen molar-refractivity contribution in [1.82, 2.24) is 5.32 Å². The van der Waals surface area contributed by atoms with Crippen LogP contribution in [0.5, 0.6) is 0 Å². The third kappa shape index (κ3) is 3.21. The molecule has 114 valence electrons. The van der Waals surface area contributed by atoms with Gasteiger partial charge in [0, 0.05) is 5.02 Å². The molecule has 1 fully saturated rings. The van der Waals surface area contributed by atoms with Crippen molar-refractivity contribution < 1.29 is 14.7 Å². The summed E-state index contributed by atoms with van der Waals surface area (Å²) in [6.45, 7) is 5.40. The first-order chi connectivity index (χ1) is 9.67. The molecular formula is C16H20ClNO3. The van der Waals surface area contributed by atoms with E-state index >= 15 is 0 Å². The van der Waals surface area contributed by atoms with Gasteiger partial charge in [-0.15, -0.1) is 0 Å². The van der Waals surface area contributed by atoms with E-state index in [2.05, 4.69) is 5.32 Å². The van der Waals surface area contributed by atoms with Crippen molar-refractivity contribution in [3.63, 3.8) is 0 Å². The minimum absolute atomic E-state index is 0.216. The number of halogens is 1. The highest BCUT2D eigenvalue weighted by molar-refractivity contribution is 6.30. The van der Waals surface area contributed by atoms with Gasteiger partial charge in [0.25, 0.3) is 0 Å². The number of carbonyl (C=O) groups excluding carboxylic acids is 1. The average molecular weight is 310 g/mol. The van der Waals surface area contributed by atoms with Crippen LogP contribution in [0.4, 0.5) is 0 Å². The van der Waals surface area contributed by atoms with Crippen LogP contribution in [0.25, 0.3) is 0 Å². The number of amides is 1. The topological polar surface area (TPSA) is 66.4 Å². The van der Waals surface area contributed by atoms with E-state index in [1.165, 1.54) is 0 Å². The van der Waals surface area contributed by atoms with E-state index in [1.807, 2.05) is 12.1 Å². The van der Waals surface area contributed by atoms with Gasteiger partial charge in [-0.3, -0.25) is 4.79 Å². The van der Waals surface area contributed by atoms with Crippen molar-refractivity contribution in [2.75, 3.05) is 0 Å². The van der Waals surface area contributed by atoms with E-state index in [0.29, 0.717) is 5.02 Å². The lowest BCUT2D eigenvalue weighted by Crippen LogP contribution is -2.52. The van der Waals surface area contributed by atoms with Crippen LogP contribution in [-0.2, 0) is 15.0 Å². The maximum atomic E-state index is 12.6. The Labute approximate surface area is 129 Å². The third-order valence-electron chi connectivity index (χ3n) is 3.97. The smallest absolute Gasteiger partial charge is 0.326 e. The van der Waals surface area contributed by atoms with Gasteiger partial charge >= 0.3 is 5.97 Å². The lowest BCUT2D eigenvalue weighted by Gasteiger charge is -2.29. The molecule has 0 unspecified atom stereocenters. The summed E-state index contributed by atoms with van der Waals surface area (Å²) in [6.07, 6.45) is 1.47. The summed E-state index contributed by atoms with van der Waals surface area (Å²) in [5, 5.41) is 12.6. The van der Waals surface area contributed by atoms with Gasteiger partial charge in [-0.1, -0.05) is 44.5 Å². The normalized spacial score (nSPS) is 17.9. The van der Waals surface area contributed by atoms with Crippen LogP contribution in [-0.4, -0.2) is 23.0 Å². The first-order valence-corrected chi connectivity index (χ1v) is 7.34. The number of aliphatic carboxylic acids is 1. The number of carboxylic acid groups (broad SMARTS) is 1. The molecular weight excluding hydrogens is 290 g/mol. The largest absolute Gasteiger partial charge is 0.480 e. The van der Waals surface area contributed by atoms with Gasteiger partial charge in [0.15, 0.2) is 0 Å². The number of carboxylic acids is 1. The molecule has 2 N–H and O–H groups in total. The van der Waals surface area contributed by atoms with E-state index in [4.69, 9.17) is 11.6 Å². The van der Waals surface area contributed by atoms with Gasteiger partial charge in [-0.05, 0) is 36.0 Å². The Balaban J connectivity index is 2.20. The molecule has 0 bridgehead atoms. The molecule has 2 rings (SSSR count). The van der Waals surface area contributed by atoms with Gasteiger partial charge < -0.3 is 10.4 Å². The second kappa shape index (κ2) is 5.34. The Kier molecular flexibility index (Phi) is 4.02. The molecule has 0 spiro atoms. The fourth-order valence-corrected chi connectivity index (χ4v) is 2.58. The number of nitrogens with one attached hydrogen (secondary N) is 1. The van der Waals surface area contributed by atoms with Crippen molar-refractivity contribution in [1.29, 1.82) is 0 Å². The second-order valence-corrected chi connectivity index (χ2v) is 7.14. The summed E-state index contributed by atoms with van der Waals surface area (Å²) in [4.78, 5) is 23.9. The van der Waals surface area contributed by atoms with E-state index in [9.17, 15) is 14.7 Å². The Hall–Kier alpha value is -1.55. The molecule has 1 aromatic carbocycles. The molecule has 5 heteroatoms. The molecule has 1 aromatic rings. The molecule has 1 atom stereocenters. The van der Waals surface area contributed by atoms with Crippen LogP contribution < -0.4 is 5.32 Å². The number of carbonyl (C=O) groups is 2. The maximum Gasteiger partial charge on any atom is 0.326 e. The zero-order valence-corrected chi connectivity index (χ0v) is 13.2. The molecule has 21 heavy (non-hydrogen) atoms. The zero-order valence-electron chi connectivity index (χ0n) is 12.4. The lowest BCUT2D eigenvalue weighted by molar-refractivity contribution is -0.145. The molecule has 1 saturated carbocycles. The summed E-state index contributed by atoms with van der Waals surface area (Å²) in [5.41, 5.74) is -0.247. The summed E-state index contributed by atoms with van der Waals surface area (Å²) in [5.74, 6) is -1.23. The minimum atomic E-state index is -1.01. The summed E-state index contributed by atoms with van der Waals surface area (Å²) < 4.78 is 0. The molecule has 1 aliphatic carbocycles. The van der Waals surface area contributed by atoms with Crippen LogP contribution in [0.2, 0.25) is 5.02 Å². The second-order valence-electron chi connectivity index (χ2n) is 6.70. The third-order valence-corrected chi connectivity index (χ3v) is 4.22.